The molecule has 1 aliphatic carbocycles. The van der Waals surface area contributed by atoms with Crippen LogP contribution in [0.5, 0.6) is 0 Å². The van der Waals surface area contributed by atoms with Crippen LogP contribution in [0.1, 0.15) is 54.0 Å². The molecule has 2 atom stereocenters. The Hall–Kier alpha value is -3.63. The van der Waals surface area contributed by atoms with Crippen molar-refractivity contribution in [1.29, 1.82) is 0 Å². The third kappa shape index (κ3) is 3.73. The van der Waals surface area contributed by atoms with Crippen molar-refractivity contribution in [2.75, 3.05) is 6.61 Å². The summed E-state index contributed by atoms with van der Waals surface area (Å²) in [5.74, 6) is -1.95. The Morgan fingerprint density at radius 1 is 1.29 bits per heavy atom. The van der Waals surface area contributed by atoms with Crippen molar-refractivity contribution < 1.29 is 28.9 Å². The number of nitrogens with zero attached hydrogens (tertiary/aromatic N) is 2. The minimum atomic E-state index is -1.91. The molecule has 3 N–H and O–H groups in total. The van der Waals surface area contributed by atoms with Crippen molar-refractivity contribution in [2.24, 2.45) is 11.8 Å². The lowest BCUT2D eigenvalue weighted by molar-refractivity contribution is -0.173. The van der Waals surface area contributed by atoms with E-state index in [-0.39, 0.29) is 61.2 Å². The van der Waals surface area contributed by atoms with Gasteiger partial charge >= 0.3 is 5.97 Å². The van der Waals surface area contributed by atoms with Crippen LogP contribution < -0.4 is 10.9 Å². The normalized spacial score (nSPS) is 20.5. The smallest absolute Gasteiger partial charge is 0.343 e. The number of benzene rings is 1. The molecular weight excluding hydrogens is 493 g/mol. The fraction of sp³-hybridized carbons (Fsp3) is 0.429. The monoisotopic (exact) mass is 521 g/mol. The van der Waals surface area contributed by atoms with Gasteiger partial charge in [0.25, 0.3) is 5.56 Å². The van der Waals surface area contributed by atoms with E-state index in [1.807, 2.05) is 0 Å². The van der Waals surface area contributed by atoms with Crippen LogP contribution in [0.2, 0.25) is 0 Å². The van der Waals surface area contributed by atoms with E-state index in [1.54, 1.807) is 26.0 Å². The fourth-order valence-electron chi connectivity index (χ4n) is 5.52. The Morgan fingerprint density at radius 3 is 2.76 bits per heavy atom. The SMILES string of the molecule is Cc1cc2c(CNC(=O)[C@@H](C)CO)c3c(nc2cc1F)-c1cc2c(c(=O)n1C3)COC(=O)[C@]2(O)CC1CC1. The molecule has 38 heavy (non-hydrogen) atoms. The zero-order valence-corrected chi connectivity index (χ0v) is 21.1. The number of ether oxygens (including phenoxy) is 1. The quantitative estimate of drug-likeness (QED) is 0.332. The van der Waals surface area contributed by atoms with E-state index in [4.69, 9.17) is 9.72 Å². The Labute approximate surface area is 217 Å². The Balaban J connectivity index is 1.54. The maximum atomic E-state index is 14.6. The molecular formula is C28H28FN3O6. The second kappa shape index (κ2) is 8.71. The largest absolute Gasteiger partial charge is 0.458 e. The maximum Gasteiger partial charge on any atom is 0.343 e. The van der Waals surface area contributed by atoms with Gasteiger partial charge in [0.1, 0.15) is 12.4 Å². The number of fused-ring (bicyclic) bond motifs is 5. The molecule has 10 heteroatoms. The molecule has 2 aromatic heterocycles. The van der Waals surface area contributed by atoms with Gasteiger partial charge in [-0.2, -0.15) is 0 Å². The average Bonchev–Trinajstić information content (AvgIpc) is 3.63. The topological polar surface area (TPSA) is 131 Å². The van der Waals surface area contributed by atoms with Crippen LogP contribution in [0, 0.1) is 24.6 Å². The lowest BCUT2D eigenvalue weighted by Crippen LogP contribution is -2.45. The zero-order valence-electron chi connectivity index (χ0n) is 21.1. The Bertz CT molecular complexity index is 1590. The number of rotatable bonds is 6. The number of halogens is 1. The van der Waals surface area contributed by atoms with Crippen LogP contribution >= 0.6 is 0 Å². The number of esters is 1. The van der Waals surface area contributed by atoms with Crippen LogP contribution in [0.25, 0.3) is 22.3 Å². The molecule has 0 bridgehead atoms. The Kier molecular flexibility index (Phi) is 5.66. The lowest BCUT2D eigenvalue weighted by Gasteiger charge is -2.32. The summed E-state index contributed by atoms with van der Waals surface area (Å²) in [5, 5.41) is 24.3. The summed E-state index contributed by atoms with van der Waals surface area (Å²) < 4.78 is 21.4. The van der Waals surface area contributed by atoms with Gasteiger partial charge in [0.05, 0.1) is 41.5 Å². The van der Waals surface area contributed by atoms with E-state index >= 15 is 0 Å². The summed E-state index contributed by atoms with van der Waals surface area (Å²) in [6, 6.07) is 4.64. The number of aromatic nitrogens is 2. The standard InChI is InChI=1S/C28H28FN3O6/c1-13-5-16-17(9-30-25(34)14(2)11-33)18-10-32-23(24(18)31-22(16)7-21(13)29)6-20-19(26(32)35)12-38-27(36)28(20,37)8-15-3-4-15/h5-7,14-15,33,37H,3-4,8-12H2,1-2H3,(H,30,34)/t14-,28-/m0/s1. The number of pyridine rings is 2. The lowest BCUT2D eigenvalue weighted by atomic mass is 9.84. The van der Waals surface area contributed by atoms with Crippen LogP contribution in [-0.2, 0) is 39.6 Å². The van der Waals surface area contributed by atoms with Crippen LogP contribution in [-0.4, -0.2) is 38.2 Å². The first-order valence-corrected chi connectivity index (χ1v) is 12.8. The van der Waals surface area contributed by atoms with Gasteiger partial charge in [-0.15, -0.1) is 0 Å². The second-order valence-corrected chi connectivity index (χ2v) is 10.7. The van der Waals surface area contributed by atoms with Crippen LogP contribution in [0.4, 0.5) is 4.39 Å². The van der Waals surface area contributed by atoms with Gasteiger partial charge in [0, 0.05) is 29.1 Å². The highest BCUT2D eigenvalue weighted by molar-refractivity contribution is 5.90. The van der Waals surface area contributed by atoms with E-state index in [2.05, 4.69) is 5.32 Å². The van der Waals surface area contributed by atoms with E-state index in [0.29, 0.717) is 39.0 Å². The molecule has 1 amide bonds. The molecule has 2 aliphatic heterocycles. The van der Waals surface area contributed by atoms with Gasteiger partial charge < -0.3 is 24.8 Å². The summed E-state index contributed by atoms with van der Waals surface area (Å²) in [7, 11) is 0. The molecule has 0 spiro atoms. The molecule has 4 heterocycles. The first-order chi connectivity index (χ1) is 18.1. The van der Waals surface area contributed by atoms with Gasteiger partial charge in [-0.25, -0.2) is 14.2 Å². The third-order valence-corrected chi connectivity index (χ3v) is 8.02. The summed E-state index contributed by atoms with van der Waals surface area (Å²) in [4.78, 5) is 43.6. The highest BCUT2D eigenvalue weighted by Gasteiger charge is 2.49. The van der Waals surface area contributed by atoms with Crippen LogP contribution in [0.3, 0.4) is 0 Å². The van der Waals surface area contributed by atoms with E-state index < -0.39 is 23.3 Å². The van der Waals surface area contributed by atoms with Crippen molar-refractivity contribution in [3.63, 3.8) is 0 Å². The van der Waals surface area contributed by atoms with Crippen molar-refractivity contribution in [2.45, 2.75) is 58.4 Å². The number of amides is 1. The van der Waals surface area contributed by atoms with Gasteiger partial charge in [0.2, 0.25) is 5.91 Å². The number of aliphatic hydroxyl groups excluding tert-OH is 1. The average molecular weight is 522 g/mol. The molecule has 1 fully saturated rings. The summed E-state index contributed by atoms with van der Waals surface area (Å²) in [6.45, 7) is 2.97. The molecule has 9 nitrogen and oxygen atoms in total. The molecule has 1 saturated carbocycles. The number of hydrogen-bond acceptors (Lipinski definition) is 7. The fourth-order valence-corrected chi connectivity index (χ4v) is 5.52. The van der Waals surface area contributed by atoms with Gasteiger partial charge in [0.15, 0.2) is 5.60 Å². The molecule has 6 rings (SSSR count). The van der Waals surface area contributed by atoms with Gasteiger partial charge in [-0.05, 0) is 42.5 Å². The molecule has 1 aromatic carbocycles. The number of aryl methyl sites for hydroxylation is 1. The van der Waals surface area contributed by atoms with Crippen molar-refractivity contribution in [1.82, 2.24) is 14.9 Å². The minimum absolute atomic E-state index is 0.0886. The summed E-state index contributed by atoms with van der Waals surface area (Å²) in [6.07, 6.45) is 1.99. The number of cyclic esters (lactones) is 1. The maximum absolute atomic E-state index is 14.6. The van der Waals surface area contributed by atoms with E-state index in [0.717, 1.165) is 12.8 Å². The predicted molar refractivity (Wildman–Crippen MR) is 134 cm³/mol. The van der Waals surface area contributed by atoms with Crippen LogP contribution in [0.15, 0.2) is 23.0 Å². The van der Waals surface area contributed by atoms with E-state index in [9.17, 15) is 29.0 Å². The van der Waals surface area contributed by atoms with Crippen molar-refractivity contribution in [3.8, 4) is 11.4 Å². The number of carbonyl (C=O) groups excluding carboxylic acids is 2. The van der Waals surface area contributed by atoms with Crippen molar-refractivity contribution in [3.05, 3.63) is 62.2 Å². The minimum Gasteiger partial charge on any atom is -0.458 e. The second-order valence-electron chi connectivity index (χ2n) is 10.7. The predicted octanol–water partition coefficient (Wildman–Crippen LogP) is 2.16. The molecule has 0 unspecified atom stereocenters. The molecule has 0 saturated heterocycles. The molecule has 3 aliphatic rings. The number of hydrogen-bond donors (Lipinski definition) is 3. The van der Waals surface area contributed by atoms with E-state index in [1.165, 1.54) is 10.6 Å². The van der Waals surface area contributed by atoms with Gasteiger partial charge in [-0.3, -0.25) is 9.59 Å². The molecule has 0 radical (unpaired) electrons. The summed E-state index contributed by atoms with van der Waals surface area (Å²) >= 11 is 0. The molecule has 198 valence electrons. The number of aliphatic hydroxyl groups is 2. The van der Waals surface area contributed by atoms with Gasteiger partial charge in [-0.1, -0.05) is 19.8 Å². The van der Waals surface area contributed by atoms with Crippen molar-refractivity contribution >= 4 is 22.8 Å². The number of nitrogens with one attached hydrogen (secondary N) is 1. The Morgan fingerprint density at radius 2 is 2.05 bits per heavy atom. The first kappa shape index (κ1) is 24.7. The summed E-state index contributed by atoms with van der Waals surface area (Å²) in [5.41, 5.74) is 1.20. The number of carbonyl (C=O) groups is 2. The molecule has 3 aromatic rings. The zero-order chi connectivity index (χ0) is 26.9. The first-order valence-electron chi connectivity index (χ1n) is 12.8. The highest BCUT2D eigenvalue weighted by Crippen LogP contribution is 2.45. The highest BCUT2D eigenvalue weighted by atomic mass is 19.1. The third-order valence-electron chi connectivity index (χ3n) is 8.02.